The van der Waals surface area contributed by atoms with Gasteiger partial charge in [-0.2, -0.15) is 4.98 Å². The van der Waals surface area contributed by atoms with E-state index in [0.717, 1.165) is 11.6 Å². The second kappa shape index (κ2) is 4.57. The average Bonchev–Trinajstić information content (AvgIpc) is 2.01. The van der Waals surface area contributed by atoms with Crippen LogP contribution in [0.4, 0.5) is 5.95 Å². The van der Waals surface area contributed by atoms with Crippen LogP contribution in [0.3, 0.4) is 0 Å². The van der Waals surface area contributed by atoms with Crippen molar-refractivity contribution in [3.8, 4) is 5.88 Å². The minimum Gasteiger partial charge on any atom is -1.00 e. The highest BCUT2D eigenvalue weighted by Gasteiger charge is 2.17. The topological polar surface area (TPSA) is 35.0 Å². The minimum absolute atomic E-state index is 0. The molecule has 1 rings (SSSR count). The summed E-state index contributed by atoms with van der Waals surface area (Å²) in [7, 11) is 7.68. The number of ether oxygens (including phenoxy) is 1. The maximum absolute atomic E-state index is 5.07. The number of aromatic nitrogens is 2. The lowest BCUT2D eigenvalue weighted by Crippen LogP contribution is -3.00. The number of hydrogen-bond acceptors (Lipinski definition) is 3. The molecular formula is C9H16ClN3O. The molecule has 1 aromatic heterocycles. The summed E-state index contributed by atoms with van der Waals surface area (Å²) in [6.45, 7) is 1.93. The van der Waals surface area contributed by atoms with Gasteiger partial charge in [-0.25, -0.2) is 0 Å². The minimum atomic E-state index is 0. The highest BCUT2D eigenvalue weighted by molar-refractivity contribution is 5.28. The number of quaternary nitrogens is 1. The van der Waals surface area contributed by atoms with E-state index in [1.165, 1.54) is 0 Å². The third-order valence-corrected chi connectivity index (χ3v) is 1.63. The van der Waals surface area contributed by atoms with Crippen molar-refractivity contribution < 1.29 is 17.1 Å². The molecule has 80 valence electrons. The van der Waals surface area contributed by atoms with Crippen LogP contribution in [0, 0.1) is 6.92 Å². The van der Waals surface area contributed by atoms with Crippen molar-refractivity contribution in [2.45, 2.75) is 6.92 Å². The molecule has 0 fully saturated rings. The van der Waals surface area contributed by atoms with E-state index in [0.29, 0.717) is 10.4 Å². The van der Waals surface area contributed by atoms with E-state index >= 15 is 0 Å². The van der Waals surface area contributed by atoms with Gasteiger partial charge in [0, 0.05) is 6.07 Å². The Morgan fingerprint density at radius 3 is 2.21 bits per heavy atom. The molecule has 0 aliphatic carbocycles. The van der Waals surface area contributed by atoms with Crippen LogP contribution in [0.1, 0.15) is 5.69 Å². The van der Waals surface area contributed by atoms with Crippen LogP contribution < -0.4 is 21.6 Å². The summed E-state index contributed by atoms with van der Waals surface area (Å²) in [6, 6.07) is 1.82. The van der Waals surface area contributed by atoms with Crippen LogP contribution in [-0.4, -0.2) is 38.2 Å². The van der Waals surface area contributed by atoms with Crippen molar-refractivity contribution in [3.63, 3.8) is 0 Å². The van der Waals surface area contributed by atoms with E-state index in [4.69, 9.17) is 4.74 Å². The smallest absolute Gasteiger partial charge is 0.331 e. The van der Waals surface area contributed by atoms with E-state index < -0.39 is 0 Å². The molecular weight excluding hydrogens is 202 g/mol. The van der Waals surface area contributed by atoms with Crippen LogP contribution in [0.5, 0.6) is 5.88 Å². The summed E-state index contributed by atoms with van der Waals surface area (Å²) in [5.41, 5.74) is 0.926. The van der Waals surface area contributed by atoms with Crippen molar-refractivity contribution in [1.82, 2.24) is 14.5 Å². The Kier molecular flexibility index (Phi) is 4.29. The number of halogens is 1. The van der Waals surface area contributed by atoms with Gasteiger partial charge < -0.3 is 17.1 Å². The Hall–Kier alpha value is -0.870. The van der Waals surface area contributed by atoms with Crippen LogP contribution in [0.25, 0.3) is 0 Å². The maximum atomic E-state index is 5.07. The predicted octanol–water partition coefficient (Wildman–Crippen LogP) is -2.01. The molecule has 0 atom stereocenters. The van der Waals surface area contributed by atoms with Crippen LogP contribution >= 0.6 is 0 Å². The Balaban J connectivity index is 0.00000169. The lowest BCUT2D eigenvalue weighted by atomic mass is 10.4. The van der Waals surface area contributed by atoms with E-state index in [2.05, 4.69) is 9.97 Å². The third kappa shape index (κ3) is 3.12. The molecule has 0 aliphatic rings. The first-order valence-electron chi connectivity index (χ1n) is 4.15. The van der Waals surface area contributed by atoms with Crippen LogP contribution in [0.2, 0.25) is 0 Å². The molecule has 14 heavy (non-hydrogen) atoms. The van der Waals surface area contributed by atoms with Gasteiger partial charge in [0.1, 0.15) is 0 Å². The van der Waals surface area contributed by atoms with Crippen molar-refractivity contribution in [1.29, 1.82) is 0 Å². The van der Waals surface area contributed by atoms with Gasteiger partial charge in [-0.1, -0.05) is 0 Å². The molecule has 0 spiro atoms. The predicted molar refractivity (Wildman–Crippen MR) is 52.9 cm³/mol. The summed E-state index contributed by atoms with van der Waals surface area (Å²) < 4.78 is 5.66. The van der Waals surface area contributed by atoms with Crippen molar-refractivity contribution in [3.05, 3.63) is 11.8 Å². The molecule has 0 aliphatic heterocycles. The molecule has 0 saturated carbocycles. The monoisotopic (exact) mass is 217 g/mol. The summed E-state index contributed by atoms with van der Waals surface area (Å²) in [5.74, 6) is 1.38. The largest absolute Gasteiger partial charge is 1.00 e. The summed E-state index contributed by atoms with van der Waals surface area (Å²) >= 11 is 0. The molecule has 1 aromatic rings. The maximum Gasteiger partial charge on any atom is 0.331 e. The third-order valence-electron chi connectivity index (χ3n) is 1.63. The fourth-order valence-corrected chi connectivity index (χ4v) is 0.929. The van der Waals surface area contributed by atoms with Gasteiger partial charge in [0.15, 0.2) is 0 Å². The molecule has 4 nitrogen and oxygen atoms in total. The first-order chi connectivity index (χ1) is 5.93. The molecule has 0 saturated heterocycles. The number of methoxy groups -OCH3 is 1. The van der Waals surface area contributed by atoms with Gasteiger partial charge >= 0.3 is 5.95 Å². The Bertz CT molecular complexity index is 309. The zero-order chi connectivity index (χ0) is 10.1. The number of rotatable bonds is 2. The molecule has 5 heteroatoms. The molecule has 0 amide bonds. The highest BCUT2D eigenvalue weighted by Crippen LogP contribution is 2.16. The Morgan fingerprint density at radius 1 is 1.21 bits per heavy atom. The van der Waals surface area contributed by atoms with E-state index in [1.54, 1.807) is 7.11 Å². The molecule has 0 unspecified atom stereocenters. The Morgan fingerprint density at radius 2 is 1.79 bits per heavy atom. The van der Waals surface area contributed by atoms with Gasteiger partial charge in [-0.15, -0.1) is 4.98 Å². The van der Waals surface area contributed by atoms with Gasteiger partial charge in [0.05, 0.1) is 33.9 Å². The van der Waals surface area contributed by atoms with Crippen molar-refractivity contribution in [2.24, 2.45) is 0 Å². The quantitative estimate of drug-likeness (QED) is 0.538. The molecule has 1 heterocycles. The second-order valence-electron chi connectivity index (χ2n) is 3.86. The lowest BCUT2D eigenvalue weighted by Gasteiger charge is -2.20. The first-order valence-corrected chi connectivity index (χ1v) is 4.15. The fraction of sp³-hybridized carbons (Fsp3) is 0.556. The standard InChI is InChI=1S/C9H16N3O.ClH/c1-7-6-8(13-5)11-9(10-7)12(2,3)4;/h6H,1-5H3;1H/q+1;/p-1. The van der Waals surface area contributed by atoms with Gasteiger partial charge in [-0.3, -0.25) is 4.48 Å². The number of hydrogen-bond donors (Lipinski definition) is 0. The summed E-state index contributed by atoms with van der Waals surface area (Å²) in [4.78, 5) is 8.60. The Labute approximate surface area is 90.9 Å². The number of aryl methyl sites for hydroxylation is 1. The van der Waals surface area contributed by atoms with Crippen LogP contribution in [-0.2, 0) is 0 Å². The van der Waals surface area contributed by atoms with E-state index in [1.807, 2.05) is 34.1 Å². The summed E-state index contributed by atoms with van der Waals surface area (Å²) in [6.07, 6.45) is 0. The van der Waals surface area contributed by atoms with E-state index in [9.17, 15) is 0 Å². The van der Waals surface area contributed by atoms with Gasteiger partial charge in [0.25, 0.3) is 0 Å². The fourth-order valence-electron chi connectivity index (χ4n) is 0.929. The van der Waals surface area contributed by atoms with Crippen molar-refractivity contribution in [2.75, 3.05) is 28.3 Å². The van der Waals surface area contributed by atoms with Gasteiger partial charge in [-0.05, 0) is 6.92 Å². The highest BCUT2D eigenvalue weighted by atomic mass is 35.5. The number of nitrogens with zero attached hydrogens (tertiary/aromatic N) is 3. The van der Waals surface area contributed by atoms with Crippen LogP contribution in [0.15, 0.2) is 6.07 Å². The second-order valence-corrected chi connectivity index (χ2v) is 3.86. The zero-order valence-electron chi connectivity index (χ0n) is 9.21. The SMILES string of the molecule is COc1cc(C)nc([N+](C)(C)C)n1.[Cl-]. The molecule has 0 bridgehead atoms. The first kappa shape index (κ1) is 13.1. The zero-order valence-corrected chi connectivity index (χ0v) is 9.96. The molecule has 0 N–H and O–H groups in total. The normalized spacial score (nSPS) is 10.6. The average molecular weight is 218 g/mol. The molecule has 0 aromatic carbocycles. The van der Waals surface area contributed by atoms with Crippen molar-refractivity contribution >= 4 is 5.95 Å². The van der Waals surface area contributed by atoms with E-state index in [-0.39, 0.29) is 12.4 Å². The summed E-state index contributed by atoms with van der Waals surface area (Å²) in [5, 5.41) is 0. The molecule has 0 radical (unpaired) electrons. The van der Waals surface area contributed by atoms with Gasteiger partial charge in [0.2, 0.25) is 5.88 Å². The lowest BCUT2D eigenvalue weighted by molar-refractivity contribution is -0.00000366.